The van der Waals surface area contributed by atoms with Gasteiger partial charge in [0.1, 0.15) is 11.6 Å². The third-order valence-electron chi connectivity index (χ3n) is 2.34. The Morgan fingerprint density at radius 3 is 2.56 bits per heavy atom. The van der Waals surface area contributed by atoms with Crippen LogP contribution in [-0.4, -0.2) is 11.1 Å². The molecule has 0 saturated heterocycles. The maximum Gasteiger partial charge on any atom is 0.305 e. The summed E-state index contributed by atoms with van der Waals surface area (Å²) in [6.07, 6.45) is 0.0185. The molecule has 0 heterocycles. The summed E-state index contributed by atoms with van der Waals surface area (Å²) < 4.78 is 26.5. The van der Waals surface area contributed by atoms with Gasteiger partial charge in [0.05, 0.1) is 6.42 Å². The average molecular weight is 229 g/mol. The van der Waals surface area contributed by atoms with Crippen LogP contribution in [0, 0.1) is 11.6 Å². The molecule has 1 atom stereocenters. The number of carboxylic acid groups (broad SMARTS) is 1. The summed E-state index contributed by atoms with van der Waals surface area (Å²) in [4.78, 5) is 10.4. The second-order valence-corrected chi connectivity index (χ2v) is 3.52. The summed E-state index contributed by atoms with van der Waals surface area (Å²) in [6.45, 7) is 1.73. The van der Waals surface area contributed by atoms with Crippen LogP contribution >= 0.6 is 0 Å². The lowest BCUT2D eigenvalue weighted by Gasteiger charge is -2.12. The summed E-state index contributed by atoms with van der Waals surface area (Å²) in [5.74, 6) is -2.55. The lowest BCUT2D eigenvalue weighted by molar-refractivity contribution is -0.137. The second kappa shape index (κ2) is 5.03. The molecule has 88 valence electrons. The molecule has 1 aromatic carbocycles. The van der Waals surface area contributed by atoms with E-state index in [1.807, 2.05) is 0 Å². The van der Waals surface area contributed by atoms with E-state index >= 15 is 0 Å². The molecule has 0 aliphatic carbocycles. The van der Waals surface area contributed by atoms with Crippen LogP contribution in [0.3, 0.4) is 0 Å². The third kappa shape index (κ3) is 2.76. The highest BCUT2D eigenvalue weighted by Gasteiger charge is 2.17. The van der Waals surface area contributed by atoms with Crippen molar-refractivity contribution in [1.82, 2.24) is 0 Å². The molecule has 1 aromatic rings. The fraction of sp³-hybridized carbons (Fsp3) is 0.364. The van der Waals surface area contributed by atoms with Crippen LogP contribution in [-0.2, 0) is 11.2 Å². The quantitative estimate of drug-likeness (QED) is 0.830. The van der Waals surface area contributed by atoms with E-state index in [-0.39, 0.29) is 12.0 Å². The van der Waals surface area contributed by atoms with Crippen molar-refractivity contribution in [2.24, 2.45) is 5.73 Å². The summed E-state index contributed by atoms with van der Waals surface area (Å²) in [6, 6.07) is 1.08. The Morgan fingerprint density at radius 1 is 1.44 bits per heavy atom. The Kier molecular flexibility index (Phi) is 3.95. The minimum atomic E-state index is -1.12. The number of hydrogen-bond donors (Lipinski definition) is 2. The first kappa shape index (κ1) is 12.6. The summed E-state index contributed by atoms with van der Waals surface area (Å²) in [5, 5.41) is 8.54. The number of aryl methyl sites for hydroxylation is 1. The van der Waals surface area contributed by atoms with Crippen molar-refractivity contribution in [3.63, 3.8) is 0 Å². The molecule has 0 spiro atoms. The van der Waals surface area contributed by atoms with Gasteiger partial charge in [-0.1, -0.05) is 6.92 Å². The Labute approximate surface area is 91.9 Å². The highest BCUT2D eigenvalue weighted by Crippen LogP contribution is 2.22. The van der Waals surface area contributed by atoms with E-state index < -0.39 is 23.6 Å². The standard InChI is InChI=1S/C11H13F2NO2/c1-2-6-3-7(9(13)4-8(6)12)10(14)5-11(15)16/h3-4,10H,2,5,14H2,1H3,(H,15,16). The van der Waals surface area contributed by atoms with Crippen molar-refractivity contribution in [2.75, 3.05) is 0 Å². The van der Waals surface area contributed by atoms with Crippen molar-refractivity contribution in [2.45, 2.75) is 25.8 Å². The summed E-state index contributed by atoms with van der Waals surface area (Å²) in [7, 11) is 0. The largest absolute Gasteiger partial charge is 0.481 e. The molecule has 0 amide bonds. The third-order valence-corrected chi connectivity index (χ3v) is 2.34. The van der Waals surface area contributed by atoms with Crippen LogP contribution in [0.25, 0.3) is 0 Å². The first-order valence-corrected chi connectivity index (χ1v) is 4.90. The normalized spacial score (nSPS) is 12.5. The van der Waals surface area contributed by atoms with E-state index in [9.17, 15) is 13.6 Å². The van der Waals surface area contributed by atoms with Gasteiger partial charge in [0, 0.05) is 17.7 Å². The predicted octanol–water partition coefficient (Wildman–Crippen LogP) is 2.00. The topological polar surface area (TPSA) is 63.3 Å². The predicted molar refractivity (Wildman–Crippen MR) is 54.9 cm³/mol. The molecule has 5 heteroatoms. The molecule has 0 aromatic heterocycles. The van der Waals surface area contributed by atoms with Gasteiger partial charge in [0.15, 0.2) is 0 Å². The average Bonchev–Trinajstić information content (AvgIpc) is 2.16. The number of benzene rings is 1. The van der Waals surface area contributed by atoms with Crippen LogP contribution in [0.15, 0.2) is 12.1 Å². The lowest BCUT2D eigenvalue weighted by Crippen LogP contribution is -2.17. The van der Waals surface area contributed by atoms with E-state index in [1.165, 1.54) is 6.07 Å². The SMILES string of the molecule is CCc1cc(C(N)CC(=O)O)c(F)cc1F. The second-order valence-electron chi connectivity index (χ2n) is 3.52. The van der Waals surface area contributed by atoms with E-state index in [2.05, 4.69) is 0 Å². The van der Waals surface area contributed by atoms with Gasteiger partial charge >= 0.3 is 5.97 Å². The molecule has 0 aliphatic rings. The zero-order valence-electron chi connectivity index (χ0n) is 8.84. The van der Waals surface area contributed by atoms with Crippen LogP contribution in [0.1, 0.15) is 30.5 Å². The maximum absolute atomic E-state index is 13.4. The zero-order valence-corrected chi connectivity index (χ0v) is 8.84. The highest BCUT2D eigenvalue weighted by molar-refractivity contribution is 5.67. The minimum absolute atomic E-state index is 0.0423. The van der Waals surface area contributed by atoms with E-state index in [4.69, 9.17) is 10.8 Å². The Hall–Kier alpha value is -1.49. The molecular weight excluding hydrogens is 216 g/mol. The fourth-order valence-electron chi connectivity index (χ4n) is 1.47. The molecule has 0 saturated carbocycles. The molecule has 0 aliphatic heterocycles. The number of rotatable bonds is 4. The first-order chi connectivity index (χ1) is 7.45. The first-order valence-electron chi connectivity index (χ1n) is 4.90. The van der Waals surface area contributed by atoms with Crippen molar-refractivity contribution >= 4 is 5.97 Å². The van der Waals surface area contributed by atoms with E-state index in [0.29, 0.717) is 12.0 Å². The van der Waals surface area contributed by atoms with Crippen LogP contribution in [0.4, 0.5) is 8.78 Å². The number of hydrogen-bond acceptors (Lipinski definition) is 2. The molecule has 16 heavy (non-hydrogen) atoms. The molecule has 0 radical (unpaired) electrons. The highest BCUT2D eigenvalue weighted by atomic mass is 19.1. The Morgan fingerprint density at radius 2 is 2.06 bits per heavy atom. The Balaban J connectivity index is 3.08. The van der Waals surface area contributed by atoms with E-state index in [1.54, 1.807) is 6.92 Å². The minimum Gasteiger partial charge on any atom is -0.481 e. The summed E-state index contributed by atoms with van der Waals surface area (Å²) >= 11 is 0. The summed E-state index contributed by atoms with van der Waals surface area (Å²) in [5.41, 5.74) is 5.90. The van der Waals surface area contributed by atoms with Crippen molar-refractivity contribution in [3.05, 3.63) is 34.9 Å². The molecule has 1 unspecified atom stereocenters. The molecule has 1 rings (SSSR count). The molecular formula is C11H13F2NO2. The van der Waals surface area contributed by atoms with Gasteiger partial charge in [-0.05, 0) is 18.1 Å². The number of halogens is 2. The van der Waals surface area contributed by atoms with Gasteiger partial charge in [-0.15, -0.1) is 0 Å². The fourth-order valence-corrected chi connectivity index (χ4v) is 1.47. The maximum atomic E-state index is 13.4. The van der Waals surface area contributed by atoms with Crippen LogP contribution < -0.4 is 5.73 Å². The lowest BCUT2D eigenvalue weighted by atomic mass is 10.00. The smallest absolute Gasteiger partial charge is 0.305 e. The Bertz CT molecular complexity index is 407. The van der Waals surface area contributed by atoms with Crippen LogP contribution in [0.5, 0.6) is 0 Å². The zero-order chi connectivity index (χ0) is 12.3. The van der Waals surface area contributed by atoms with E-state index in [0.717, 1.165) is 6.07 Å². The molecule has 0 bridgehead atoms. The van der Waals surface area contributed by atoms with Crippen molar-refractivity contribution < 1.29 is 18.7 Å². The van der Waals surface area contributed by atoms with Crippen molar-refractivity contribution in [3.8, 4) is 0 Å². The monoisotopic (exact) mass is 229 g/mol. The number of carbonyl (C=O) groups is 1. The van der Waals surface area contributed by atoms with Crippen LogP contribution in [0.2, 0.25) is 0 Å². The van der Waals surface area contributed by atoms with Gasteiger partial charge in [-0.2, -0.15) is 0 Å². The van der Waals surface area contributed by atoms with Crippen molar-refractivity contribution in [1.29, 1.82) is 0 Å². The molecule has 3 nitrogen and oxygen atoms in total. The number of aliphatic carboxylic acids is 1. The molecule has 3 N–H and O–H groups in total. The molecule has 0 fully saturated rings. The van der Waals surface area contributed by atoms with Gasteiger partial charge < -0.3 is 10.8 Å². The van der Waals surface area contributed by atoms with Gasteiger partial charge in [-0.3, -0.25) is 4.79 Å². The number of nitrogens with two attached hydrogens (primary N) is 1. The van der Waals surface area contributed by atoms with Gasteiger partial charge in [0.2, 0.25) is 0 Å². The number of carboxylic acids is 1. The van der Waals surface area contributed by atoms with Gasteiger partial charge in [-0.25, -0.2) is 8.78 Å². The van der Waals surface area contributed by atoms with Gasteiger partial charge in [0.25, 0.3) is 0 Å².